The summed E-state index contributed by atoms with van der Waals surface area (Å²) in [5.41, 5.74) is 1.93. The van der Waals surface area contributed by atoms with Gasteiger partial charge in [0.15, 0.2) is 5.69 Å². The number of anilines is 2. The zero-order chi connectivity index (χ0) is 17.6. The first-order valence-electron chi connectivity index (χ1n) is 7.84. The quantitative estimate of drug-likeness (QED) is 0.706. The van der Waals surface area contributed by atoms with E-state index < -0.39 is 0 Å². The van der Waals surface area contributed by atoms with Crippen molar-refractivity contribution in [3.8, 4) is 0 Å². The lowest BCUT2D eigenvalue weighted by Crippen LogP contribution is -2.15. The van der Waals surface area contributed by atoms with Gasteiger partial charge in [0.2, 0.25) is 0 Å². The van der Waals surface area contributed by atoms with Crippen molar-refractivity contribution in [1.29, 1.82) is 0 Å². The van der Waals surface area contributed by atoms with E-state index in [-0.39, 0.29) is 17.6 Å². The molecule has 1 heterocycles. The van der Waals surface area contributed by atoms with E-state index in [0.29, 0.717) is 16.5 Å². The molecule has 6 heteroatoms. The molecule has 3 aromatic rings. The van der Waals surface area contributed by atoms with Crippen molar-refractivity contribution in [3.63, 3.8) is 0 Å². The van der Waals surface area contributed by atoms with Crippen LogP contribution in [0.4, 0.5) is 11.5 Å². The lowest BCUT2D eigenvalue weighted by Gasteiger charge is -2.15. The number of rotatable bonds is 5. The lowest BCUT2D eigenvalue weighted by molar-refractivity contribution is 0.102. The number of para-hydroxylation sites is 1. The first-order chi connectivity index (χ1) is 12.1. The minimum Gasteiger partial charge on any atom is -0.362 e. The second-order valence-electron chi connectivity index (χ2n) is 5.51. The molecule has 2 N–H and O–H groups in total. The molecule has 2 aromatic carbocycles. The van der Waals surface area contributed by atoms with Gasteiger partial charge in [-0.1, -0.05) is 48.0 Å². The Morgan fingerprint density at radius 3 is 2.36 bits per heavy atom. The topological polar surface area (TPSA) is 66.9 Å². The van der Waals surface area contributed by atoms with E-state index in [4.69, 9.17) is 11.6 Å². The highest BCUT2D eigenvalue weighted by Crippen LogP contribution is 2.24. The zero-order valence-corrected chi connectivity index (χ0v) is 14.4. The second-order valence-corrected chi connectivity index (χ2v) is 5.92. The van der Waals surface area contributed by atoms with E-state index in [9.17, 15) is 4.79 Å². The van der Waals surface area contributed by atoms with Crippen molar-refractivity contribution in [1.82, 2.24) is 10.2 Å². The molecule has 0 aliphatic heterocycles. The van der Waals surface area contributed by atoms with Crippen LogP contribution in [0.25, 0.3) is 0 Å². The smallest absolute Gasteiger partial charge is 0.276 e. The third kappa shape index (κ3) is 4.33. The van der Waals surface area contributed by atoms with Crippen LogP contribution in [0.5, 0.6) is 0 Å². The van der Waals surface area contributed by atoms with Crippen molar-refractivity contribution in [3.05, 3.63) is 83.0 Å². The summed E-state index contributed by atoms with van der Waals surface area (Å²) in [5.74, 6) is 0.271. The van der Waals surface area contributed by atoms with Crippen LogP contribution in [0.3, 0.4) is 0 Å². The number of nitrogens with one attached hydrogen (secondary N) is 2. The number of carbonyl (C=O) groups is 1. The largest absolute Gasteiger partial charge is 0.362 e. The molecule has 0 aliphatic carbocycles. The monoisotopic (exact) mass is 352 g/mol. The highest BCUT2D eigenvalue weighted by Gasteiger charge is 2.12. The summed E-state index contributed by atoms with van der Waals surface area (Å²) in [4.78, 5) is 12.2. The SMILES string of the molecule is CC(Nc1ccc(C(=O)Nc2ccccc2)nn1)c1ccccc1Cl. The van der Waals surface area contributed by atoms with E-state index in [1.807, 2.05) is 61.5 Å². The van der Waals surface area contributed by atoms with E-state index in [1.54, 1.807) is 12.1 Å². The number of hydrogen-bond donors (Lipinski definition) is 2. The molecular formula is C19H17ClN4O. The molecule has 1 aromatic heterocycles. The van der Waals surface area contributed by atoms with Gasteiger partial charge in [0.1, 0.15) is 5.82 Å². The van der Waals surface area contributed by atoms with Crippen molar-refractivity contribution in [2.45, 2.75) is 13.0 Å². The van der Waals surface area contributed by atoms with Gasteiger partial charge in [0.25, 0.3) is 5.91 Å². The summed E-state index contributed by atoms with van der Waals surface area (Å²) in [6, 6.07) is 20.1. The highest BCUT2D eigenvalue weighted by atomic mass is 35.5. The maximum atomic E-state index is 12.2. The van der Waals surface area contributed by atoms with Gasteiger partial charge < -0.3 is 10.6 Å². The minimum atomic E-state index is -0.301. The molecule has 1 unspecified atom stereocenters. The Bertz CT molecular complexity index is 853. The van der Waals surface area contributed by atoms with Crippen LogP contribution in [0.1, 0.15) is 29.0 Å². The van der Waals surface area contributed by atoms with Gasteiger partial charge in [-0.15, -0.1) is 10.2 Å². The average molecular weight is 353 g/mol. The van der Waals surface area contributed by atoms with Crippen LogP contribution in [0.2, 0.25) is 5.02 Å². The van der Waals surface area contributed by atoms with Crippen LogP contribution in [0.15, 0.2) is 66.7 Å². The number of hydrogen-bond acceptors (Lipinski definition) is 4. The molecule has 0 fully saturated rings. The fraction of sp³-hybridized carbons (Fsp3) is 0.105. The molecule has 0 saturated carbocycles. The molecule has 126 valence electrons. The van der Waals surface area contributed by atoms with E-state index in [1.165, 1.54) is 0 Å². The maximum Gasteiger partial charge on any atom is 0.276 e. The normalized spacial score (nSPS) is 11.6. The predicted molar refractivity (Wildman–Crippen MR) is 99.9 cm³/mol. The molecule has 0 saturated heterocycles. The molecule has 5 nitrogen and oxygen atoms in total. The second kappa shape index (κ2) is 7.77. The standard InChI is InChI=1S/C19H17ClN4O/c1-13(15-9-5-6-10-16(15)20)21-18-12-11-17(23-24-18)19(25)22-14-7-3-2-4-8-14/h2-13H,1H3,(H,21,24)(H,22,25). The van der Waals surface area contributed by atoms with Gasteiger partial charge in [0.05, 0.1) is 6.04 Å². The highest BCUT2D eigenvalue weighted by molar-refractivity contribution is 6.31. The van der Waals surface area contributed by atoms with Crippen molar-refractivity contribution < 1.29 is 4.79 Å². The number of nitrogens with zero attached hydrogens (tertiary/aromatic N) is 2. The summed E-state index contributed by atoms with van der Waals surface area (Å²) in [5, 5.41) is 14.7. The summed E-state index contributed by atoms with van der Waals surface area (Å²) >= 11 is 6.20. The van der Waals surface area contributed by atoms with Gasteiger partial charge in [0, 0.05) is 10.7 Å². The van der Waals surface area contributed by atoms with Crippen LogP contribution in [-0.2, 0) is 0 Å². The Morgan fingerprint density at radius 1 is 0.960 bits per heavy atom. The van der Waals surface area contributed by atoms with Crippen molar-refractivity contribution in [2.24, 2.45) is 0 Å². The fourth-order valence-corrected chi connectivity index (χ4v) is 2.67. The number of benzene rings is 2. The molecule has 0 spiro atoms. The third-order valence-corrected chi connectivity index (χ3v) is 4.01. The number of aromatic nitrogens is 2. The van der Waals surface area contributed by atoms with Crippen LogP contribution in [-0.4, -0.2) is 16.1 Å². The Morgan fingerprint density at radius 2 is 1.68 bits per heavy atom. The van der Waals surface area contributed by atoms with Gasteiger partial charge in [-0.3, -0.25) is 4.79 Å². The van der Waals surface area contributed by atoms with Gasteiger partial charge in [-0.2, -0.15) is 0 Å². The van der Waals surface area contributed by atoms with Crippen molar-refractivity contribution in [2.75, 3.05) is 10.6 Å². The Hall–Kier alpha value is -2.92. The van der Waals surface area contributed by atoms with E-state index >= 15 is 0 Å². The Labute approximate surface area is 151 Å². The van der Waals surface area contributed by atoms with E-state index in [2.05, 4.69) is 20.8 Å². The van der Waals surface area contributed by atoms with Gasteiger partial charge in [-0.25, -0.2) is 0 Å². The number of amides is 1. The number of halogens is 1. The summed E-state index contributed by atoms with van der Waals surface area (Å²) in [6.07, 6.45) is 0. The summed E-state index contributed by atoms with van der Waals surface area (Å²) in [6.45, 7) is 1.99. The molecule has 0 radical (unpaired) electrons. The Kier molecular flexibility index (Phi) is 5.26. The van der Waals surface area contributed by atoms with Crippen LogP contribution >= 0.6 is 11.6 Å². The van der Waals surface area contributed by atoms with Crippen LogP contribution < -0.4 is 10.6 Å². The molecular weight excluding hydrogens is 336 g/mol. The minimum absolute atomic E-state index is 0.0352. The van der Waals surface area contributed by atoms with Crippen molar-refractivity contribution >= 4 is 29.0 Å². The summed E-state index contributed by atoms with van der Waals surface area (Å²) in [7, 11) is 0. The molecule has 25 heavy (non-hydrogen) atoms. The molecule has 3 rings (SSSR count). The molecule has 0 aliphatic rings. The van der Waals surface area contributed by atoms with E-state index in [0.717, 1.165) is 5.56 Å². The van der Waals surface area contributed by atoms with Gasteiger partial charge >= 0.3 is 0 Å². The predicted octanol–water partition coefficient (Wildman–Crippen LogP) is 4.56. The molecule has 1 atom stereocenters. The maximum absolute atomic E-state index is 12.2. The fourth-order valence-electron chi connectivity index (χ4n) is 2.37. The van der Waals surface area contributed by atoms with Gasteiger partial charge in [-0.05, 0) is 42.8 Å². The first kappa shape index (κ1) is 16.9. The third-order valence-electron chi connectivity index (χ3n) is 3.66. The zero-order valence-electron chi connectivity index (χ0n) is 13.6. The lowest BCUT2D eigenvalue weighted by atomic mass is 10.1. The Balaban J connectivity index is 1.66. The molecule has 0 bridgehead atoms. The molecule has 1 amide bonds. The summed E-state index contributed by atoms with van der Waals surface area (Å²) < 4.78 is 0. The first-order valence-corrected chi connectivity index (χ1v) is 8.22. The average Bonchev–Trinajstić information content (AvgIpc) is 2.63. The number of carbonyl (C=O) groups excluding carboxylic acids is 1. The van der Waals surface area contributed by atoms with Crippen LogP contribution in [0, 0.1) is 0 Å².